The van der Waals surface area contributed by atoms with Crippen molar-refractivity contribution in [1.82, 2.24) is 20.4 Å². The molecule has 1 aromatic rings. The van der Waals surface area contributed by atoms with Crippen LogP contribution in [0.15, 0.2) is 6.20 Å². The van der Waals surface area contributed by atoms with Gasteiger partial charge in [-0.05, 0) is 31.7 Å². The zero-order valence-electron chi connectivity index (χ0n) is 12.5. The van der Waals surface area contributed by atoms with Gasteiger partial charge in [0.25, 0.3) is 0 Å². The fraction of sp³-hybridized carbons (Fsp3) is 0.733. The van der Waals surface area contributed by atoms with Gasteiger partial charge in [-0.3, -0.25) is 9.48 Å². The molecule has 0 spiro atoms. The lowest BCUT2D eigenvalue weighted by atomic mass is 9.91. The first-order valence-electron chi connectivity index (χ1n) is 7.87. The molecule has 1 unspecified atom stereocenters. The zero-order valence-corrected chi connectivity index (χ0v) is 12.5. The van der Waals surface area contributed by atoms with Gasteiger partial charge >= 0.3 is 0 Å². The quantitative estimate of drug-likeness (QED) is 0.742. The molecular formula is C15H24N4O2. The molecule has 1 saturated heterocycles. The Morgan fingerprint density at radius 2 is 2.43 bits per heavy atom. The average Bonchev–Trinajstić information content (AvgIpc) is 3.07. The van der Waals surface area contributed by atoms with Crippen LogP contribution in [0.4, 0.5) is 0 Å². The maximum atomic E-state index is 12.4. The summed E-state index contributed by atoms with van der Waals surface area (Å²) in [5, 5.41) is 19.9. The van der Waals surface area contributed by atoms with Crippen LogP contribution < -0.4 is 10.6 Å². The van der Waals surface area contributed by atoms with Gasteiger partial charge in [-0.25, -0.2) is 0 Å². The van der Waals surface area contributed by atoms with E-state index in [0.29, 0.717) is 12.5 Å². The van der Waals surface area contributed by atoms with Gasteiger partial charge in [-0.15, -0.1) is 0 Å². The first kappa shape index (κ1) is 14.5. The van der Waals surface area contributed by atoms with Gasteiger partial charge < -0.3 is 15.7 Å². The van der Waals surface area contributed by atoms with Crippen molar-refractivity contribution < 1.29 is 9.90 Å². The van der Waals surface area contributed by atoms with Gasteiger partial charge in [0.05, 0.1) is 31.3 Å². The monoisotopic (exact) mass is 292 g/mol. The number of fused-ring (bicyclic) bond motifs is 1. The molecule has 2 heterocycles. The van der Waals surface area contributed by atoms with Gasteiger partial charge in [-0.1, -0.05) is 6.92 Å². The van der Waals surface area contributed by atoms with Crippen molar-refractivity contribution in [2.75, 3.05) is 19.7 Å². The van der Waals surface area contributed by atoms with Crippen LogP contribution in [0.1, 0.15) is 37.1 Å². The van der Waals surface area contributed by atoms with E-state index in [1.54, 1.807) is 0 Å². The van der Waals surface area contributed by atoms with Crippen molar-refractivity contribution >= 4 is 5.91 Å². The van der Waals surface area contributed by atoms with Gasteiger partial charge in [0.15, 0.2) is 0 Å². The van der Waals surface area contributed by atoms with E-state index in [1.807, 2.05) is 10.9 Å². The first-order chi connectivity index (χ1) is 10.2. The number of nitrogens with zero attached hydrogens (tertiary/aromatic N) is 2. The highest BCUT2D eigenvalue weighted by atomic mass is 16.3. The summed E-state index contributed by atoms with van der Waals surface area (Å²) in [7, 11) is 0. The molecule has 1 aliphatic carbocycles. The number of carbonyl (C=O) groups excluding carboxylic acids is 1. The van der Waals surface area contributed by atoms with E-state index in [2.05, 4.69) is 22.7 Å². The van der Waals surface area contributed by atoms with Gasteiger partial charge in [0.2, 0.25) is 5.91 Å². The summed E-state index contributed by atoms with van der Waals surface area (Å²) >= 11 is 0. The number of amides is 1. The topological polar surface area (TPSA) is 79.2 Å². The minimum Gasteiger partial charge on any atom is -0.394 e. The third-order valence-electron chi connectivity index (χ3n) is 4.75. The summed E-state index contributed by atoms with van der Waals surface area (Å²) in [5.41, 5.74) is 2.29. The standard InChI is InChI=1S/C15H24N4O2/c1-10-7-16-8-11(10)15(21)18-13-3-2-4-14-12(13)9-17-19(14)5-6-20/h9-11,13,16,20H,2-8H2,1H3,(H,18,21)/t10-,11-,13?/m1/s1. The van der Waals surface area contributed by atoms with Crippen LogP contribution >= 0.6 is 0 Å². The molecule has 0 radical (unpaired) electrons. The normalized spacial score (nSPS) is 28.4. The molecule has 6 heteroatoms. The molecule has 3 rings (SSSR count). The summed E-state index contributed by atoms with van der Waals surface area (Å²) in [6.45, 7) is 4.44. The summed E-state index contributed by atoms with van der Waals surface area (Å²) in [5.74, 6) is 0.619. The van der Waals surface area contributed by atoms with Crippen molar-refractivity contribution in [3.8, 4) is 0 Å². The minimum atomic E-state index is 0.0708. The molecule has 116 valence electrons. The summed E-state index contributed by atoms with van der Waals surface area (Å²) in [6, 6.07) is 0.0708. The molecule has 3 N–H and O–H groups in total. The minimum absolute atomic E-state index is 0.0708. The Morgan fingerprint density at radius 1 is 1.57 bits per heavy atom. The second-order valence-corrected chi connectivity index (χ2v) is 6.19. The molecule has 6 nitrogen and oxygen atoms in total. The van der Waals surface area contributed by atoms with Crippen LogP contribution in [-0.2, 0) is 17.8 Å². The number of aromatic nitrogens is 2. The maximum Gasteiger partial charge on any atom is 0.225 e. The molecule has 0 bridgehead atoms. The van der Waals surface area contributed by atoms with E-state index >= 15 is 0 Å². The third-order valence-corrected chi connectivity index (χ3v) is 4.75. The SMILES string of the molecule is C[C@@H]1CNC[C@H]1C(=O)NC1CCCc2c1cnn2CCO. The molecule has 1 amide bonds. The van der Waals surface area contributed by atoms with Crippen LogP contribution in [-0.4, -0.2) is 40.5 Å². The van der Waals surface area contributed by atoms with E-state index in [0.717, 1.165) is 43.6 Å². The molecular weight excluding hydrogens is 268 g/mol. The lowest BCUT2D eigenvalue weighted by Gasteiger charge is -2.26. The van der Waals surface area contributed by atoms with Gasteiger partial charge in [-0.2, -0.15) is 5.10 Å². The third kappa shape index (κ3) is 2.82. The largest absolute Gasteiger partial charge is 0.394 e. The Balaban J connectivity index is 1.72. The van der Waals surface area contributed by atoms with Crippen molar-refractivity contribution in [1.29, 1.82) is 0 Å². The molecule has 0 aromatic carbocycles. The molecule has 1 aromatic heterocycles. The number of aliphatic hydroxyl groups is 1. The summed E-state index contributed by atoms with van der Waals surface area (Å²) in [4.78, 5) is 12.4. The molecule has 3 atom stereocenters. The average molecular weight is 292 g/mol. The second kappa shape index (κ2) is 6.15. The second-order valence-electron chi connectivity index (χ2n) is 6.19. The van der Waals surface area contributed by atoms with E-state index in [1.165, 1.54) is 0 Å². The number of aliphatic hydroxyl groups excluding tert-OH is 1. The number of hydrogen-bond acceptors (Lipinski definition) is 4. The Morgan fingerprint density at radius 3 is 3.14 bits per heavy atom. The number of carbonyl (C=O) groups is 1. The number of rotatable bonds is 4. The lowest BCUT2D eigenvalue weighted by molar-refractivity contribution is -0.126. The van der Waals surface area contributed by atoms with Crippen LogP contribution in [0.5, 0.6) is 0 Å². The van der Waals surface area contributed by atoms with Crippen LogP contribution in [0, 0.1) is 11.8 Å². The fourth-order valence-electron chi connectivity index (χ4n) is 3.50. The molecule has 0 saturated carbocycles. The Hall–Kier alpha value is -1.40. The van der Waals surface area contributed by atoms with Crippen molar-refractivity contribution in [3.05, 3.63) is 17.5 Å². The maximum absolute atomic E-state index is 12.4. The molecule has 1 fully saturated rings. The van der Waals surface area contributed by atoms with Crippen LogP contribution in [0.3, 0.4) is 0 Å². The summed E-state index contributed by atoms with van der Waals surface area (Å²) < 4.78 is 1.87. The van der Waals surface area contributed by atoms with Gasteiger partial charge in [0, 0.05) is 17.8 Å². The molecule has 1 aliphatic heterocycles. The number of nitrogens with one attached hydrogen (secondary N) is 2. The van der Waals surface area contributed by atoms with E-state index in [9.17, 15) is 4.79 Å². The summed E-state index contributed by atoms with van der Waals surface area (Å²) in [6.07, 6.45) is 4.85. The van der Waals surface area contributed by atoms with E-state index in [4.69, 9.17) is 5.11 Å². The zero-order chi connectivity index (χ0) is 14.8. The highest BCUT2D eigenvalue weighted by Gasteiger charge is 2.32. The number of hydrogen-bond donors (Lipinski definition) is 3. The van der Waals surface area contributed by atoms with Crippen molar-refractivity contribution in [2.24, 2.45) is 11.8 Å². The van der Waals surface area contributed by atoms with E-state index in [-0.39, 0.29) is 24.5 Å². The fourth-order valence-corrected chi connectivity index (χ4v) is 3.50. The predicted molar refractivity (Wildman–Crippen MR) is 78.7 cm³/mol. The highest BCUT2D eigenvalue weighted by molar-refractivity contribution is 5.80. The molecule has 21 heavy (non-hydrogen) atoms. The van der Waals surface area contributed by atoms with Crippen molar-refractivity contribution in [2.45, 2.75) is 38.8 Å². The molecule has 2 aliphatic rings. The Kier molecular flexibility index (Phi) is 4.26. The Labute approximate surface area is 124 Å². The smallest absolute Gasteiger partial charge is 0.225 e. The predicted octanol–water partition coefficient (Wildman–Crippen LogP) is 0.225. The highest BCUT2D eigenvalue weighted by Crippen LogP contribution is 2.30. The van der Waals surface area contributed by atoms with Crippen molar-refractivity contribution in [3.63, 3.8) is 0 Å². The Bertz CT molecular complexity index is 514. The lowest BCUT2D eigenvalue weighted by Crippen LogP contribution is -2.38. The first-order valence-corrected chi connectivity index (χ1v) is 7.87. The van der Waals surface area contributed by atoms with Gasteiger partial charge in [0.1, 0.15) is 0 Å². The van der Waals surface area contributed by atoms with Crippen LogP contribution in [0.25, 0.3) is 0 Å². The van der Waals surface area contributed by atoms with Crippen LogP contribution in [0.2, 0.25) is 0 Å². The van der Waals surface area contributed by atoms with E-state index < -0.39 is 0 Å².